The van der Waals surface area contributed by atoms with Gasteiger partial charge in [0.2, 0.25) is 15.9 Å². The zero-order valence-corrected chi connectivity index (χ0v) is 13.7. The molecule has 0 unspecified atom stereocenters. The van der Waals surface area contributed by atoms with E-state index in [-0.39, 0.29) is 10.8 Å². The van der Waals surface area contributed by atoms with Gasteiger partial charge in [-0.05, 0) is 18.2 Å². The van der Waals surface area contributed by atoms with Crippen molar-refractivity contribution in [2.24, 2.45) is 0 Å². The third kappa shape index (κ3) is 5.45. The molecule has 2 N–H and O–H groups in total. The second-order valence-electron chi connectivity index (χ2n) is 5.22. The number of carbonyl (C=O) groups is 1. The fourth-order valence-corrected chi connectivity index (χ4v) is 2.59. The van der Waals surface area contributed by atoms with Gasteiger partial charge < -0.3 is 10.6 Å². The number of hydrogen-bond acceptors (Lipinski definition) is 4. The summed E-state index contributed by atoms with van der Waals surface area (Å²) in [6.07, 6.45) is 0.336. The first-order valence-electron chi connectivity index (χ1n) is 6.79. The van der Waals surface area contributed by atoms with Gasteiger partial charge in [-0.3, -0.25) is 4.79 Å². The quantitative estimate of drug-likeness (QED) is 0.794. The van der Waals surface area contributed by atoms with Crippen molar-refractivity contribution in [3.8, 4) is 0 Å². The second kappa shape index (κ2) is 7.53. The molecule has 1 aromatic carbocycles. The molecule has 7 heteroatoms. The Morgan fingerprint density at radius 2 is 1.95 bits per heavy atom. The van der Waals surface area contributed by atoms with E-state index >= 15 is 0 Å². The van der Waals surface area contributed by atoms with E-state index in [0.717, 1.165) is 4.31 Å². The van der Waals surface area contributed by atoms with E-state index in [1.165, 1.54) is 26.2 Å². The highest BCUT2D eigenvalue weighted by Gasteiger charge is 2.17. The van der Waals surface area contributed by atoms with Crippen LogP contribution in [-0.2, 0) is 14.8 Å². The summed E-state index contributed by atoms with van der Waals surface area (Å²) >= 11 is 0. The Bertz CT molecular complexity index is 583. The summed E-state index contributed by atoms with van der Waals surface area (Å²) in [5.74, 6) is -0.150. The van der Waals surface area contributed by atoms with Gasteiger partial charge in [-0.2, -0.15) is 0 Å². The van der Waals surface area contributed by atoms with Crippen molar-refractivity contribution < 1.29 is 13.2 Å². The van der Waals surface area contributed by atoms with Crippen LogP contribution in [-0.4, -0.2) is 45.3 Å². The Kier molecular flexibility index (Phi) is 6.32. The highest BCUT2D eigenvalue weighted by Crippen LogP contribution is 2.18. The minimum atomic E-state index is -3.49. The molecule has 0 spiro atoms. The maximum absolute atomic E-state index is 12.0. The van der Waals surface area contributed by atoms with E-state index < -0.39 is 10.0 Å². The Labute approximate surface area is 126 Å². The summed E-state index contributed by atoms with van der Waals surface area (Å²) in [6, 6.07) is 6.57. The van der Waals surface area contributed by atoms with Crippen molar-refractivity contribution in [2.45, 2.75) is 31.2 Å². The molecular weight excluding hydrogens is 290 g/mol. The SMILES string of the molecule is CC(C)NCCC(=O)Nc1cccc(S(=O)(=O)N(C)C)c1. The molecule has 0 saturated heterocycles. The second-order valence-corrected chi connectivity index (χ2v) is 7.37. The molecule has 0 fully saturated rings. The zero-order valence-electron chi connectivity index (χ0n) is 12.9. The summed E-state index contributed by atoms with van der Waals surface area (Å²) in [7, 11) is -0.553. The van der Waals surface area contributed by atoms with Crippen LogP contribution in [0.1, 0.15) is 20.3 Å². The van der Waals surface area contributed by atoms with Crippen molar-refractivity contribution in [1.82, 2.24) is 9.62 Å². The third-order valence-electron chi connectivity index (χ3n) is 2.80. The van der Waals surface area contributed by atoms with E-state index in [9.17, 15) is 13.2 Å². The summed E-state index contributed by atoms with van der Waals surface area (Å²) < 4.78 is 25.2. The van der Waals surface area contributed by atoms with Crippen LogP contribution in [0.3, 0.4) is 0 Å². The summed E-state index contributed by atoms with van der Waals surface area (Å²) in [5, 5.41) is 5.85. The van der Waals surface area contributed by atoms with E-state index in [1.54, 1.807) is 12.1 Å². The molecule has 0 heterocycles. The largest absolute Gasteiger partial charge is 0.326 e. The first-order valence-corrected chi connectivity index (χ1v) is 8.23. The topological polar surface area (TPSA) is 78.5 Å². The molecule has 1 rings (SSSR count). The fourth-order valence-electron chi connectivity index (χ4n) is 1.64. The number of nitrogens with zero attached hydrogens (tertiary/aromatic N) is 1. The molecule has 0 saturated carbocycles. The van der Waals surface area contributed by atoms with Crippen LogP contribution in [0.5, 0.6) is 0 Å². The van der Waals surface area contributed by atoms with Gasteiger partial charge in [0, 0.05) is 38.8 Å². The van der Waals surface area contributed by atoms with Crippen molar-refractivity contribution in [3.05, 3.63) is 24.3 Å². The van der Waals surface area contributed by atoms with E-state index in [2.05, 4.69) is 10.6 Å². The Morgan fingerprint density at radius 3 is 2.52 bits per heavy atom. The molecular formula is C14H23N3O3S. The van der Waals surface area contributed by atoms with E-state index in [4.69, 9.17) is 0 Å². The van der Waals surface area contributed by atoms with Crippen molar-refractivity contribution in [2.75, 3.05) is 26.0 Å². The van der Waals surface area contributed by atoms with Crippen molar-refractivity contribution in [3.63, 3.8) is 0 Å². The van der Waals surface area contributed by atoms with Gasteiger partial charge in [0.25, 0.3) is 0 Å². The monoisotopic (exact) mass is 313 g/mol. The molecule has 0 aromatic heterocycles. The molecule has 1 aromatic rings. The lowest BCUT2D eigenvalue weighted by Gasteiger charge is -2.13. The van der Waals surface area contributed by atoms with Crippen LogP contribution >= 0.6 is 0 Å². The maximum atomic E-state index is 12.0. The van der Waals surface area contributed by atoms with Crippen LogP contribution in [0, 0.1) is 0 Å². The van der Waals surface area contributed by atoms with Gasteiger partial charge in [-0.1, -0.05) is 19.9 Å². The first kappa shape index (κ1) is 17.6. The number of carbonyl (C=O) groups excluding carboxylic acids is 1. The number of rotatable bonds is 7. The van der Waals surface area contributed by atoms with Crippen LogP contribution < -0.4 is 10.6 Å². The predicted octanol–water partition coefficient (Wildman–Crippen LogP) is 1.26. The average Bonchev–Trinajstić information content (AvgIpc) is 2.38. The standard InChI is InChI=1S/C14H23N3O3S/c1-11(2)15-9-8-14(18)16-12-6-5-7-13(10-12)21(19,20)17(3)4/h5-7,10-11,15H,8-9H2,1-4H3,(H,16,18). The molecule has 0 bridgehead atoms. The molecule has 0 radical (unpaired) electrons. The van der Waals surface area contributed by atoms with Crippen molar-refractivity contribution >= 4 is 21.6 Å². The minimum Gasteiger partial charge on any atom is -0.326 e. The maximum Gasteiger partial charge on any atom is 0.242 e. The number of amides is 1. The highest BCUT2D eigenvalue weighted by molar-refractivity contribution is 7.89. The molecule has 0 aliphatic carbocycles. The minimum absolute atomic E-state index is 0.150. The Hall–Kier alpha value is -1.44. The number of hydrogen-bond donors (Lipinski definition) is 2. The lowest BCUT2D eigenvalue weighted by atomic mass is 10.3. The molecule has 0 atom stereocenters. The molecule has 1 amide bonds. The zero-order chi connectivity index (χ0) is 16.0. The summed E-state index contributed by atoms with van der Waals surface area (Å²) in [5.41, 5.74) is 0.479. The number of sulfonamides is 1. The lowest BCUT2D eigenvalue weighted by molar-refractivity contribution is -0.116. The smallest absolute Gasteiger partial charge is 0.242 e. The molecule has 118 valence electrons. The normalized spacial score (nSPS) is 11.9. The molecule has 6 nitrogen and oxygen atoms in total. The molecule has 21 heavy (non-hydrogen) atoms. The van der Waals surface area contributed by atoms with Crippen LogP contribution in [0.2, 0.25) is 0 Å². The van der Waals surface area contributed by atoms with Gasteiger partial charge in [0.15, 0.2) is 0 Å². The van der Waals surface area contributed by atoms with Gasteiger partial charge in [0.1, 0.15) is 0 Å². The van der Waals surface area contributed by atoms with Crippen molar-refractivity contribution in [1.29, 1.82) is 0 Å². The Morgan fingerprint density at radius 1 is 1.29 bits per heavy atom. The van der Waals surface area contributed by atoms with Crippen LogP contribution in [0.15, 0.2) is 29.2 Å². The van der Waals surface area contributed by atoms with E-state index in [1.807, 2.05) is 13.8 Å². The first-order chi connectivity index (χ1) is 9.73. The van der Waals surface area contributed by atoms with Gasteiger partial charge in [0.05, 0.1) is 4.90 Å². The van der Waals surface area contributed by atoms with Gasteiger partial charge in [-0.25, -0.2) is 12.7 Å². The van der Waals surface area contributed by atoms with Gasteiger partial charge >= 0.3 is 0 Å². The predicted molar refractivity (Wildman–Crippen MR) is 83.7 cm³/mol. The number of nitrogens with one attached hydrogen (secondary N) is 2. The van der Waals surface area contributed by atoms with E-state index in [0.29, 0.717) is 24.7 Å². The summed E-state index contributed by atoms with van der Waals surface area (Å²) in [6.45, 7) is 4.60. The van der Waals surface area contributed by atoms with Crippen LogP contribution in [0.25, 0.3) is 0 Å². The molecule has 0 aliphatic heterocycles. The van der Waals surface area contributed by atoms with Crippen LogP contribution in [0.4, 0.5) is 5.69 Å². The molecule has 0 aliphatic rings. The average molecular weight is 313 g/mol. The van der Waals surface area contributed by atoms with Gasteiger partial charge in [-0.15, -0.1) is 0 Å². The summed E-state index contributed by atoms with van der Waals surface area (Å²) in [4.78, 5) is 11.9. The lowest BCUT2D eigenvalue weighted by Crippen LogP contribution is -2.27. The Balaban J connectivity index is 2.71. The highest BCUT2D eigenvalue weighted by atomic mass is 32.2. The number of anilines is 1. The fraction of sp³-hybridized carbons (Fsp3) is 0.500. The number of benzene rings is 1. The third-order valence-corrected chi connectivity index (χ3v) is 4.61.